The van der Waals surface area contributed by atoms with Crippen LogP contribution in [0.2, 0.25) is 0 Å². The van der Waals surface area contributed by atoms with Crippen LogP contribution in [0.25, 0.3) is 0 Å². The number of carbonyl (C=O) groups is 1. The molecule has 0 bridgehead atoms. The Kier molecular flexibility index (Phi) is 3.38. The average molecular weight is 209 g/mol. The van der Waals surface area contributed by atoms with Crippen LogP contribution in [-0.4, -0.2) is 10.9 Å². The molecular formula is C10H11NO4. The number of carbonyl (C=O) groups excluding carboxylic acids is 1. The van der Waals surface area contributed by atoms with E-state index in [9.17, 15) is 14.9 Å². The van der Waals surface area contributed by atoms with Gasteiger partial charge < -0.3 is 4.74 Å². The van der Waals surface area contributed by atoms with Gasteiger partial charge in [0.2, 0.25) is 5.75 Å². The van der Waals surface area contributed by atoms with E-state index in [0.717, 1.165) is 0 Å². The molecule has 0 atom stereocenters. The van der Waals surface area contributed by atoms with Crippen LogP contribution in [0.3, 0.4) is 0 Å². The maximum atomic E-state index is 10.8. The molecule has 0 saturated heterocycles. The third kappa shape index (κ3) is 2.52. The molecule has 0 fully saturated rings. The number of nitrogens with zero attached hydrogens (tertiary/aromatic N) is 1. The van der Waals surface area contributed by atoms with Crippen LogP contribution in [0, 0.1) is 10.1 Å². The van der Waals surface area contributed by atoms with Crippen molar-refractivity contribution in [3.8, 4) is 5.75 Å². The maximum Gasteiger partial charge on any atom is 0.314 e. The fourth-order valence-corrected chi connectivity index (χ4v) is 1.30. The van der Waals surface area contributed by atoms with Crippen molar-refractivity contribution in [1.82, 2.24) is 0 Å². The van der Waals surface area contributed by atoms with Crippen LogP contribution in [-0.2, 0) is 11.2 Å². The predicted molar refractivity (Wildman–Crippen MR) is 53.8 cm³/mol. The lowest BCUT2D eigenvalue weighted by molar-refractivity contribution is -0.386. The Labute approximate surface area is 86.8 Å². The molecule has 5 heteroatoms. The molecule has 0 spiro atoms. The first kappa shape index (κ1) is 11.2. The van der Waals surface area contributed by atoms with Crippen molar-refractivity contribution in [2.45, 2.75) is 20.3 Å². The Bertz CT molecular complexity index is 400. The third-order valence-corrected chi connectivity index (χ3v) is 1.90. The van der Waals surface area contributed by atoms with Gasteiger partial charge in [-0.1, -0.05) is 19.1 Å². The molecule has 80 valence electrons. The van der Waals surface area contributed by atoms with E-state index in [1.54, 1.807) is 19.1 Å². The van der Waals surface area contributed by atoms with Crippen LogP contribution < -0.4 is 4.74 Å². The van der Waals surface area contributed by atoms with Gasteiger partial charge in [0.25, 0.3) is 0 Å². The van der Waals surface area contributed by atoms with E-state index in [-0.39, 0.29) is 11.4 Å². The highest BCUT2D eigenvalue weighted by atomic mass is 16.6. The van der Waals surface area contributed by atoms with E-state index in [4.69, 9.17) is 4.74 Å². The van der Waals surface area contributed by atoms with Gasteiger partial charge in [-0.2, -0.15) is 0 Å². The van der Waals surface area contributed by atoms with E-state index in [0.29, 0.717) is 12.0 Å². The van der Waals surface area contributed by atoms with Crippen molar-refractivity contribution >= 4 is 11.7 Å². The lowest BCUT2D eigenvalue weighted by atomic mass is 10.1. The van der Waals surface area contributed by atoms with Crippen LogP contribution >= 0.6 is 0 Å². The van der Waals surface area contributed by atoms with Crippen molar-refractivity contribution < 1.29 is 14.5 Å². The molecule has 1 aromatic carbocycles. The number of aryl methyl sites for hydroxylation is 1. The van der Waals surface area contributed by atoms with E-state index in [1.807, 2.05) is 0 Å². The normalized spacial score (nSPS) is 9.73. The summed E-state index contributed by atoms with van der Waals surface area (Å²) in [6.45, 7) is 3.02. The van der Waals surface area contributed by atoms with Crippen molar-refractivity contribution in [2.75, 3.05) is 0 Å². The van der Waals surface area contributed by atoms with Crippen molar-refractivity contribution in [1.29, 1.82) is 0 Å². The Hall–Kier alpha value is -1.91. The standard InChI is InChI=1S/C10H11NO4/c1-3-8-5-4-6-9(15-7(2)12)10(8)11(13)14/h4-6H,3H2,1-2H3. The number of esters is 1. The minimum Gasteiger partial charge on any atom is -0.419 e. The van der Waals surface area contributed by atoms with Gasteiger partial charge in [0.15, 0.2) is 0 Å². The van der Waals surface area contributed by atoms with Gasteiger partial charge in [-0.05, 0) is 12.5 Å². The van der Waals surface area contributed by atoms with Gasteiger partial charge >= 0.3 is 11.7 Å². The number of hydrogen-bond acceptors (Lipinski definition) is 4. The first-order chi connectivity index (χ1) is 7.06. The summed E-state index contributed by atoms with van der Waals surface area (Å²) in [4.78, 5) is 21.0. The number of rotatable bonds is 3. The molecule has 1 rings (SSSR count). The van der Waals surface area contributed by atoms with Gasteiger partial charge in [0.1, 0.15) is 0 Å². The van der Waals surface area contributed by atoms with Gasteiger partial charge in [0.05, 0.1) is 4.92 Å². The summed E-state index contributed by atoms with van der Waals surface area (Å²) >= 11 is 0. The molecule has 0 radical (unpaired) electrons. The number of ether oxygens (including phenoxy) is 1. The molecule has 0 N–H and O–H groups in total. The molecule has 0 aliphatic carbocycles. The molecule has 0 aliphatic rings. The highest BCUT2D eigenvalue weighted by molar-refractivity contribution is 5.71. The highest BCUT2D eigenvalue weighted by Gasteiger charge is 2.20. The second kappa shape index (κ2) is 4.54. The quantitative estimate of drug-likeness (QED) is 0.331. The topological polar surface area (TPSA) is 69.4 Å². The maximum absolute atomic E-state index is 10.8. The van der Waals surface area contributed by atoms with Gasteiger partial charge in [-0.3, -0.25) is 14.9 Å². The molecule has 5 nitrogen and oxygen atoms in total. The number of nitro benzene ring substituents is 1. The summed E-state index contributed by atoms with van der Waals surface area (Å²) < 4.78 is 4.77. The first-order valence-electron chi connectivity index (χ1n) is 4.51. The fourth-order valence-electron chi connectivity index (χ4n) is 1.30. The monoisotopic (exact) mass is 209 g/mol. The van der Waals surface area contributed by atoms with Gasteiger partial charge in [0, 0.05) is 12.5 Å². The molecule has 0 saturated carbocycles. The van der Waals surface area contributed by atoms with Crippen molar-refractivity contribution in [2.24, 2.45) is 0 Å². The molecule has 15 heavy (non-hydrogen) atoms. The SMILES string of the molecule is CCc1cccc(OC(C)=O)c1[N+](=O)[O-]. The Morgan fingerprint density at radius 2 is 2.20 bits per heavy atom. The zero-order chi connectivity index (χ0) is 11.4. The summed E-state index contributed by atoms with van der Waals surface area (Å²) in [5.41, 5.74) is 0.425. The predicted octanol–water partition coefficient (Wildman–Crippen LogP) is 2.08. The van der Waals surface area contributed by atoms with Crippen LogP contribution in [0.1, 0.15) is 19.4 Å². The van der Waals surface area contributed by atoms with Gasteiger partial charge in [-0.15, -0.1) is 0 Å². The summed E-state index contributed by atoms with van der Waals surface area (Å²) in [6, 6.07) is 4.69. The number of para-hydroxylation sites is 1. The molecular weight excluding hydrogens is 198 g/mol. The lowest BCUT2D eigenvalue weighted by Gasteiger charge is -2.05. The number of benzene rings is 1. The number of hydrogen-bond donors (Lipinski definition) is 0. The van der Waals surface area contributed by atoms with E-state index in [2.05, 4.69) is 0 Å². The smallest absolute Gasteiger partial charge is 0.314 e. The second-order valence-electron chi connectivity index (χ2n) is 2.97. The third-order valence-electron chi connectivity index (χ3n) is 1.90. The highest BCUT2D eigenvalue weighted by Crippen LogP contribution is 2.31. The summed E-state index contributed by atoms with van der Waals surface area (Å²) in [7, 11) is 0. The summed E-state index contributed by atoms with van der Waals surface area (Å²) in [5.74, 6) is -0.557. The van der Waals surface area contributed by atoms with E-state index < -0.39 is 10.9 Å². The molecule has 0 amide bonds. The molecule has 0 aliphatic heterocycles. The average Bonchev–Trinajstić information content (AvgIpc) is 2.15. The van der Waals surface area contributed by atoms with Crippen LogP contribution in [0.15, 0.2) is 18.2 Å². The Morgan fingerprint density at radius 1 is 1.53 bits per heavy atom. The van der Waals surface area contributed by atoms with E-state index in [1.165, 1.54) is 13.0 Å². The lowest BCUT2D eigenvalue weighted by Crippen LogP contribution is -2.05. The fraction of sp³-hybridized carbons (Fsp3) is 0.300. The Balaban J connectivity index is 3.25. The Morgan fingerprint density at radius 3 is 2.67 bits per heavy atom. The van der Waals surface area contributed by atoms with Crippen molar-refractivity contribution in [3.05, 3.63) is 33.9 Å². The van der Waals surface area contributed by atoms with Gasteiger partial charge in [-0.25, -0.2) is 0 Å². The molecule has 0 aromatic heterocycles. The summed E-state index contributed by atoms with van der Waals surface area (Å²) in [6.07, 6.45) is 0.519. The molecule has 1 aromatic rings. The van der Waals surface area contributed by atoms with Crippen LogP contribution in [0.4, 0.5) is 5.69 Å². The van der Waals surface area contributed by atoms with Crippen LogP contribution in [0.5, 0.6) is 5.75 Å². The minimum absolute atomic E-state index is 0.00634. The molecule has 0 heterocycles. The zero-order valence-corrected chi connectivity index (χ0v) is 8.52. The minimum atomic E-state index is -0.564. The second-order valence-corrected chi connectivity index (χ2v) is 2.97. The molecule has 0 unspecified atom stereocenters. The summed E-state index contributed by atoms with van der Waals surface area (Å²) in [5, 5.41) is 10.8. The largest absolute Gasteiger partial charge is 0.419 e. The van der Waals surface area contributed by atoms with E-state index >= 15 is 0 Å². The zero-order valence-electron chi connectivity index (χ0n) is 8.52. The number of nitro groups is 1. The first-order valence-corrected chi connectivity index (χ1v) is 4.51. The van der Waals surface area contributed by atoms with Crippen molar-refractivity contribution in [3.63, 3.8) is 0 Å².